The normalized spacial score (nSPS) is 10.8. The lowest BCUT2D eigenvalue weighted by molar-refractivity contribution is 0.103. The molecule has 0 spiro atoms. The molecule has 90 valence electrons. The summed E-state index contributed by atoms with van der Waals surface area (Å²) in [6.45, 7) is 2.04. The second-order valence-corrected chi connectivity index (χ2v) is 4.99. The van der Waals surface area contributed by atoms with Crippen LogP contribution >= 0.6 is 27.5 Å². The Bertz CT molecular complexity index is 530. The first kappa shape index (κ1) is 12.3. The zero-order valence-electron chi connectivity index (χ0n) is 9.34. The molecule has 8 heteroatoms. The largest absolute Gasteiger partial charge is 0.286 e. The van der Waals surface area contributed by atoms with E-state index < -0.39 is 0 Å². The molecule has 2 heterocycles. The molecule has 0 fully saturated rings. The van der Waals surface area contributed by atoms with E-state index in [0.717, 1.165) is 30.1 Å². The first-order valence-electron chi connectivity index (χ1n) is 5.06. The van der Waals surface area contributed by atoms with Crippen LogP contribution in [0.15, 0.2) is 4.60 Å². The second kappa shape index (κ2) is 5.01. The molecular weight excluding hydrogens is 306 g/mol. The van der Waals surface area contributed by atoms with Gasteiger partial charge in [-0.1, -0.05) is 23.0 Å². The van der Waals surface area contributed by atoms with Gasteiger partial charge in [0, 0.05) is 7.05 Å². The van der Waals surface area contributed by atoms with E-state index in [1.165, 1.54) is 4.68 Å². The summed E-state index contributed by atoms with van der Waals surface area (Å²) in [6, 6.07) is 0. The summed E-state index contributed by atoms with van der Waals surface area (Å²) in [4.78, 5) is 12.9. The lowest BCUT2D eigenvalue weighted by Crippen LogP contribution is -2.09. The number of carbonyl (C=O) groups excluding carboxylic acids is 1. The van der Waals surface area contributed by atoms with E-state index in [0.29, 0.717) is 15.2 Å². The Morgan fingerprint density at radius 3 is 2.82 bits per heavy atom. The number of nitrogens with zero attached hydrogens (tertiary/aromatic N) is 5. The Labute approximate surface area is 110 Å². The van der Waals surface area contributed by atoms with Crippen LogP contribution < -0.4 is 0 Å². The van der Waals surface area contributed by atoms with Crippen LogP contribution in [0.2, 0.25) is 0 Å². The van der Waals surface area contributed by atoms with E-state index >= 15 is 0 Å². The number of ketones is 1. The van der Waals surface area contributed by atoms with Gasteiger partial charge in [-0.05, 0) is 33.9 Å². The Hall–Kier alpha value is -1.15. The lowest BCUT2D eigenvalue weighted by atomic mass is 10.1. The molecule has 0 amide bonds. The van der Waals surface area contributed by atoms with Crippen molar-refractivity contribution in [2.24, 2.45) is 7.05 Å². The SMILES string of the molecule is CCCc1nnsc1C(=O)c1c(Br)nnn1C. The number of rotatable bonds is 4. The van der Waals surface area contributed by atoms with Gasteiger partial charge in [-0.25, -0.2) is 4.68 Å². The number of aromatic nitrogens is 5. The molecule has 6 nitrogen and oxygen atoms in total. The minimum atomic E-state index is -0.136. The van der Waals surface area contributed by atoms with Gasteiger partial charge in [0.2, 0.25) is 5.78 Å². The number of aryl methyl sites for hydroxylation is 2. The van der Waals surface area contributed by atoms with Crippen LogP contribution in [-0.2, 0) is 13.5 Å². The highest BCUT2D eigenvalue weighted by Gasteiger charge is 2.23. The van der Waals surface area contributed by atoms with Crippen molar-refractivity contribution in [1.29, 1.82) is 0 Å². The van der Waals surface area contributed by atoms with Crippen molar-refractivity contribution in [3.63, 3.8) is 0 Å². The summed E-state index contributed by atoms with van der Waals surface area (Å²) in [7, 11) is 1.68. The average molecular weight is 316 g/mol. The highest BCUT2D eigenvalue weighted by Crippen LogP contribution is 2.21. The van der Waals surface area contributed by atoms with Crippen LogP contribution in [0, 0.1) is 0 Å². The summed E-state index contributed by atoms with van der Waals surface area (Å²) in [5, 5.41) is 11.6. The first-order valence-corrected chi connectivity index (χ1v) is 6.62. The maximum absolute atomic E-state index is 12.3. The molecule has 0 saturated heterocycles. The molecule has 17 heavy (non-hydrogen) atoms. The molecule has 0 aliphatic heterocycles. The molecule has 0 aromatic carbocycles. The van der Waals surface area contributed by atoms with Gasteiger partial charge < -0.3 is 0 Å². The molecule has 2 rings (SSSR count). The summed E-state index contributed by atoms with van der Waals surface area (Å²) >= 11 is 4.33. The molecule has 0 saturated carbocycles. The number of halogens is 1. The van der Waals surface area contributed by atoms with E-state index in [2.05, 4.69) is 35.8 Å². The zero-order chi connectivity index (χ0) is 12.4. The topological polar surface area (TPSA) is 73.6 Å². The van der Waals surface area contributed by atoms with Crippen molar-refractivity contribution in [2.75, 3.05) is 0 Å². The maximum atomic E-state index is 12.3. The van der Waals surface area contributed by atoms with Gasteiger partial charge in [-0.15, -0.1) is 10.2 Å². The minimum absolute atomic E-state index is 0.136. The van der Waals surface area contributed by atoms with Crippen LogP contribution in [0.1, 0.15) is 34.4 Å². The Morgan fingerprint density at radius 1 is 1.47 bits per heavy atom. The van der Waals surface area contributed by atoms with Gasteiger partial charge in [-0.2, -0.15) is 0 Å². The van der Waals surface area contributed by atoms with Gasteiger partial charge in [0.25, 0.3) is 0 Å². The van der Waals surface area contributed by atoms with Crippen molar-refractivity contribution >= 4 is 33.2 Å². The fraction of sp³-hybridized carbons (Fsp3) is 0.444. The monoisotopic (exact) mass is 315 g/mol. The summed E-state index contributed by atoms with van der Waals surface area (Å²) in [6.07, 6.45) is 1.68. The third kappa shape index (κ3) is 2.27. The van der Waals surface area contributed by atoms with E-state index in [1.807, 2.05) is 6.92 Å². The smallest absolute Gasteiger partial charge is 0.227 e. The van der Waals surface area contributed by atoms with Gasteiger partial charge in [0.15, 0.2) is 4.60 Å². The molecule has 0 bridgehead atoms. The number of carbonyl (C=O) groups is 1. The van der Waals surface area contributed by atoms with E-state index in [-0.39, 0.29) is 5.78 Å². The highest BCUT2D eigenvalue weighted by molar-refractivity contribution is 9.10. The third-order valence-electron chi connectivity index (χ3n) is 2.25. The zero-order valence-corrected chi connectivity index (χ0v) is 11.7. The Balaban J connectivity index is 2.40. The average Bonchev–Trinajstić information content (AvgIpc) is 2.86. The van der Waals surface area contributed by atoms with Gasteiger partial charge in [0.1, 0.15) is 10.6 Å². The van der Waals surface area contributed by atoms with Crippen molar-refractivity contribution < 1.29 is 4.79 Å². The fourth-order valence-electron chi connectivity index (χ4n) is 1.46. The standard InChI is InChI=1S/C9H10BrN5OS/c1-3-4-5-8(17-14-11-5)7(16)6-9(10)12-13-15(6)2/h3-4H2,1-2H3. The first-order chi connectivity index (χ1) is 8.15. The Kier molecular flexibility index (Phi) is 3.63. The van der Waals surface area contributed by atoms with E-state index in [4.69, 9.17) is 0 Å². The highest BCUT2D eigenvalue weighted by atomic mass is 79.9. The molecule has 0 atom stereocenters. The van der Waals surface area contributed by atoms with Crippen molar-refractivity contribution in [3.05, 3.63) is 20.9 Å². The molecule has 0 unspecified atom stereocenters. The van der Waals surface area contributed by atoms with Crippen molar-refractivity contribution in [2.45, 2.75) is 19.8 Å². The number of hydrogen-bond donors (Lipinski definition) is 0. The second-order valence-electron chi connectivity index (χ2n) is 3.48. The van der Waals surface area contributed by atoms with E-state index in [9.17, 15) is 4.79 Å². The molecular formula is C9H10BrN5OS. The molecule has 2 aromatic heterocycles. The lowest BCUT2D eigenvalue weighted by Gasteiger charge is -1.99. The van der Waals surface area contributed by atoms with Crippen LogP contribution in [-0.4, -0.2) is 30.4 Å². The van der Waals surface area contributed by atoms with Gasteiger partial charge in [0.05, 0.1) is 5.69 Å². The maximum Gasteiger partial charge on any atom is 0.227 e. The quantitative estimate of drug-likeness (QED) is 0.801. The fourth-order valence-corrected chi connectivity index (χ4v) is 2.62. The molecule has 2 aromatic rings. The van der Waals surface area contributed by atoms with Crippen LogP contribution in [0.25, 0.3) is 0 Å². The van der Waals surface area contributed by atoms with Crippen molar-refractivity contribution in [1.82, 2.24) is 24.6 Å². The number of hydrogen-bond acceptors (Lipinski definition) is 6. The van der Waals surface area contributed by atoms with Crippen LogP contribution in [0.5, 0.6) is 0 Å². The van der Waals surface area contributed by atoms with Gasteiger partial charge in [-0.3, -0.25) is 4.79 Å². The molecule has 0 aliphatic rings. The molecule has 0 aliphatic carbocycles. The predicted octanol–water partition coefficient (Wildman–Crippen LogP) is 1.61. The summed E-state index contributed by atoms with van der Waals surface area (Å²) in [5.74, 6) is -0.136. The van der Waals surface area contributed by atoms with Gasteiger partial charge >= 0.3 is 0 Å². The summed E-state index contributed by atoms with van der Waals surface area (Å²) < 4.78 is 5.73. The summed E-state index contributed by atoms with van der Waals surface area (Å²) in [5.41, 5.74) is 1.17. The third-order valence-corrected chi connectivity index (χ3v) is 3.55. The van der Waals surface area contributed by atoms with Crippen LogP contribution in [0.3, 0.4) is 0 Å². The Morgan fingerprint density at radius 2 is 2.24 bits per heavy atom. The minimum Gasteiger partial charge on any atom is -0.286 e. The van der Waals surface area contributed by atoms with Crippen molar-refractivity contribution in [3.8, 4) is 0 Å². The van der Waals surface area contributed by atoms with E-state index in [1.54, 1.807) is 7.05 Å². The predicted molar refractivity (Wildman–Crippen MR) is 66.0 cm³/mol. The van der Waals surface area contributed by atoms with Crippen LogP contribution in [0.4, 0.5) is 0 Å². The molecule has 0 radical (unpaired) electrons. The molecule has 0 N–H and O–H groups in total.